The minimum atomic E-state index is -1.07. The molecule has 0 saturated heterocycles. The van der Waals surface area contributed by atoms with E-state index >= 15 is 0 Å². The molecule has 1 aliphatic rings. The van der Waals surface area contributed by atoms with E-state index < -0.39 is 29.7 Å². The van der Waals surface area contributed by atoms with Crippen LogP contribution in [-0.2, 0) is 20.7 Å². The number of tetrazole rings is 1. The number of carboxylic acid groups (broad SMARTS) is 1. The summed E-state index contributed by atoms with van der Waals surface area (Å²) in [5, 5.41) is 36.7. The highest BCUT2D eigenvalue weighted by atomic mass is 16.6. The van der Waals surface area contributed by atoms with Crippen LogP contribution in [0.25, 0.3) is 22.5 Å². The Morgan fingerprint density at radius 3 is 2.26 bits per heavy atom. The van der Waals surface area contributed by atoms with Crippen molar-refractivity contribution in [1.29, 1.82) is 0 Å². The molecule has 0 spiro atoms. The van der Waals surface area contributed by atoms with Crippen LogP contribution >= 0.6 is 0 Å². The number of methoxy groups -OCH3 is 1. The second kappa shape index (κ2) is 19.6. The number of nitrogens with one attached hydrogen (secondary N) is 6. The maximum atomic E-state index is 13.9. The smallest absolute Gasteiger partial charge is 0.407 e. The van der Waals surface area contributed by atoms with Gasteiger partial charge in [-0.15, -0.1) is 10.2 Å². The van der Waals surface area contributed by atoms with E-state index in [1.807, 2.05) is 31.2 Å². The molecule has 0 radical (unpaired) electrons. The van der Waals surface area contributed by atoms with Crippen molar-refractivity contribution in [2.75, 3.05) is 32.1 Å². The molecule has 308 valence electrons. The molecule has 4 aromatic rings. The van der Waals surface area contributed by atoms with Crippen LogP contribution in [-0.4, -0.2) is 94.0 Å². The maximum absolute atomic E-state index is 13.9. The first-order valence-corrected chi connectivity index (χ1v) is 19.1. The van der Waals surface area contributed by atoms with Crippen molar-refractivity contribution in [1.82, 2.24) is 41.9 Å². The van der Waals surface area contributed by atoms with E-state index in [0.717, 1.165) is 22.3 Å². The molecule has 1 aromatic heterocycles. The second-order valence-corrected chi connectivity index (χ2v) is 15.2. The molecular formula is C41H51N9O8. The number of amides is 5. The molecule has 1 aliphatic carbocycles. The van der Waals surface area contributed by atoms with Gasteiger partial charge in [-0.1, -0.05) is 12.1 Å². The van der Waals surface area contributed by atoms with Gasteiger partial charge in [0, 0.05) is 54.4 Å². The van der Waals surface area contributed by atoms with Gasteiger partial charge in [-0.05, 0) is 130 Å². The van der Waals surface area contributed by atoms with Gasteiger partial charge >= 0.3 is 12.2 Å². The fraction of sp³-hybridized carbons (Fsp3) is 0.415. The minimum absolute atomic E-state index is 0.146. The molecule has 1 fully saturated rings. The molecule has 5 rings (SSSR count). The predicted octanol–water partition coefficient (Wildman–Crippen LogP) is 4.85. The topological polar surface area (TPSA) is 239 Å². The summed E-state index contributed by atoms with van der Waals surface area (Å²) in [5.74, 6) is -0.144. The zero-order valence-electron chi connectivity index (χ0n) is 33.3. The third-order valence-electron chi connectivity index (χ3n) is 9.71. The number of rotatable bonds is 15. The monoisotopic (exact) mass is 797 g/mol. The van der Waals surface area contributed by atoms with Crippen molar-refractivity contribution in [2.45, 2.75) is 71.4 Å². The summed E-state index contributed by atoms with van der Waals surface area (Å²) in [6.45, 7) is 7.93. The van der Waals surface area contributed by atoms with E-state index in [1.165, 1.54) is 0 Å². The molecule has 3 aromatic carbocycles. The Kier molecular flexibility index (Phi) is 14.4. The number of hydrogen-bond acceptors (Lipinski definition) is 10. The number of nitrogens with zero attached hydrogens (tertiary/aromatic N) is 3. The number of ether oxygens (including phenoxy) is 2. The third kappa shape index (κ3) is 12.2. The Morgan fingerprint density at radius 1 is 0.897 bits per heavy atom. The summed E-state index contributed by atoms with van der Waals surface area (Å²) >= 11 is 0. The quantitative estimate of drug-likeness (QED) is 0.0803. The van der Waals surface area contributed by atoms with Gasteiger partial charge in [0.05, 0.1) is 7.11 Å². The zero-order chi connectivity index (χ0) is 41.8. The van der Waals surface area contributed by atoms with Gasteiger partial charge in [0.2, 0.25) is 17.6 Å². The number of hydrogen-bond donors (Lipinski definition) is 7. The number of H-pyrrole nitrogens is 1. The van der Waals surface area contributed by atoms with Gasteiger partial charge in [-0.3, -0.25) is 14.4 Å². The van der Waals surface area contributed by atoms with Gasteiger partial charge < -0.3 is 41.2 Å². The third-order valence-corrected chi connectivity index (χ3v) is 9.71. The molecular weight excluding hydrogens is 747 g/mol. The summed E-state index contributed by atoms with van der Waals surface area (Å²) < 4.78 is 11.0. The van der Waals surface area contributed by atoms with E-state index in [2.05, 4.69) is 47.2 Å². The van der Waals surface area contributed by atoms with Crippen LogP contribution < -0.4 is 31.3 Å². The first-order chi connectivity index (χ1) is 27.7. The fourth-order valence-corrected chi connectivity index (χ4v) is 6.77. The summed E-state index contributed by atoms with van der Waals surface area (Å²) in [4.78, 5) is 63.5. The molecule has 1 atom stereocenters. The SMILES string of the molecule is COc1ccc(C[C@H](NC(=O)[C@H]2CC[C@H](CNC(=O)O)CC2)C(=O)Nc2ccc(-c3nn[nH]n3)cc2)cc1-c1ccc(C(=O)NCCNC(=O)OC(C)(C)C)cc1C. The van der Waals surface area contributed by atoms with Crippen LogP contribution in [0.4, 0.5) is 15.3 Å². The molecule has 5 amide bonds. The van der Waals surface area contributed by atoms with E-state index in [9.17, 15) is 24.0 Å². The Labute approximate surface area is 336 Å². The van der Waals surface area contributed by atoms with Crippen LogP contribution in [0.5, 0.6) is 5.75 Å². The van der Waals surface area contributed by atoms with Crippen molar-refractivity contribution in [3.05, 3.63) is 77.4 Å². The summed E-state index contributed by atoms with van der Waals surface area (Å²) in [6.07, 6.45) is 1.05. The van der Waals surface area contributed by atoms with Gasteiger partial charge in [0.25, 0.3) is 5.91 Å². The highest BCUT2D eigenvalue weighted by molar-refractivity contribution is 5.98. The average molecular weight is 798 g/mol. The molecule has 0 bridgehead atoms. The number of anilines is 1. The lowest BCUT2D eigenvalue weighted by molar-refractivity contribution is -0.130. The van der Waals surface area contributed by atoms with E-state index in [1.54, 1.807) is 64.3 Å². The fourth-order valence-electron chi connectivity index (χ4n) is 6.77. The first-order valence-electron chi connectivity index (χ1n) is 19.1. The zero-order valence-corrected chi connectivity index (χ0v) is 33.3. The molecule has 17 nitrogen and oxygen atoms in total. The Hall–Kier alpha value is -6.52. The standard InChI is InChI=1S/C41H51N9O8/c1-24-20-29(36(51)42-18-19-43-40(56)58-41(2,3)4)13-16-31(24)32-21-26(8-17-34(32)57-5)22-33(46-37(52)28-9-6-25(7-10-28)23-44-39(54)55)38(53)45-30-14-11-27(12-15-30)35-47-49-50-48-35/h8,11-17,20-21,25,28,33,44H,6-7,9-10,18-19,22-23H2,1-5H3,(H,42,51)(H,43,56)(H,45,53)(H,46,52)(H,54,55)(H,47,48,49,50)/t25-,28-,33-/m0/s1. The second-order valence-electron chi connectivity index (χ2n) is 15.2. The largest absolute Gasteiger partial charge is 0.496 e. The van der Waals surface area contributed by atoms with Crippen molar-refractivity contribution < 1.29 is 38.6 Å². The lowest BCUT2D eigenvalue weighted by Crippen LogP contribution is -2.48. The normalized spacial score (nSPS) is 15.7. The van der Waals surface area contributed by atoms with Crippen molar-refractivity contribution in [2.24, 2.45) is 11.8 Å². The Bertz CT molecular complexity index is 2060. The summed E-state index contributed by atoms with van der Waals surface area (Å²) in [5.41, 5.74) is 4.13. The predicted molar refractivity (Wildman–Crippen MR) is 215 cm³/mol. The molecule has 58 heavy (non-hydrogen) atoms. The van der Waals surface area contributed by atoms with Gasteiger partial charge in [-0.2, -0.15) is 5.21 Å². The van der Waals surface area contributed by atoms with E-state index in [0.29, 0.717) is 60.6 Å². The number of carbonyl (C=O) groups is 5. The van der Waals surface area contributed by atoms with Crippen molar-refractivity contribution in [3.63, 3.8) is 0 Å². The van der Waals surface area contributed by atoms with Crippen LogP contribution in [0, 0.1) is 18.8 Å². The maximum Gasteiger partial charge on any atom is 0.407 e. The Morgan fingerprint density at radius 2 is 1.62 bits per heavy atom. The lowest BCUT2D eigenvalue weighted by Gasteiger charge is -2.29. The minimum Gasteiger partial charge on any atom is -0.496 e. The number of carbonyl (C=O) groups excluding carboxylic acids is 4. The molecule has 1 saturated carbocycles. The van der Waals surface area contributed by atoms with E-state index in [-0.39, 0.29) is 43.2 Å². The number of alkyl carbamates (subject to hydrolysis) is 1. The molecule has 0 aliphatic heterocycles. The molecule has 7 N–H and O–H groups in total. The van der Waals surface area contributed by atoms with Crippen molar-refractivity contribution in [3.8, 4) is 28.3 Å². The first kappa shape index (κ1) is 42.6. The van der Waals surface area contributed by atoms with Crippen LogP contribution in [0.15, 0.2) is 60.7 Å². The van der Waals surface area contributed by atoms with Gasteiger partial charge in [-0.25, -0.2) is 9.59 Å². The van der Waals surface area contributed by atoms with Crippen LogP contribution in [0.3, 0.4) is 0 Å². The number of aryl methyl sites for hydroxylation is 1. The lowest BCUT2D eigenvalue weighted by atomic mass is 9.81. The molecule has 0 unspecified atom stereocenters. The number of aromatic amines is 1. The highest BCUT2D eigenvalue weighted by Crippen LogP contribution is 2.34. The van der Waals surface area contributed by atoms with Gasteiger partial charge in [0.1, 0.15) is 17.4 Å². The van der Waals surface area contributed by atoms with Crippen molar-refractivity contribution >= 4 is 35.6 Å². The summed E-state index contributed by atoms with van der Waals surface area (Å²) in [6, 6.07) is 16.9. The average Bonchev–Trinajstić information content (AvgIpc) is 3.73. The van der Waals surface area contributed by atoms with Gasteiger partial charge in [0.15, 0.2) is 0 Å². The number of benzene rings is 3. The number of aromatic nitrogens is 4. The highest BCUT2D eigenvalue weighted by Gasteiger charge is 2.30. The molecule has 1 heterocycles. The van der Waals surface area contributed by atoms with Crippen LogP contribution in [0.2, 0.25) is 0 Å². The van der Waals surface area contributed by atoms with E-state index in [4.69, 9.17) is 14.6 Å². The molecule has 17 heteroatoms. The van der Waals surface area contributed by atoms with Crippen LogP contribution in [0.1, 0.15) is 67.9 Å². The Balaban J connectivity index is 1.30. The summed E-state index contributed by atoms with van der Waals surface area (Å²) in [7, 11) is 1.56.